The van der Waals surface area contributed by atoms with Gasteiger partial charge in [-0.3, -0.25) is 9.59 Å². The molecule has 152 valence electrons. The van der Waals surface area contributed by atoms with E-state index in [1.165, 1.54) is 0 Å². The molecule has 1 aromatic rings. The number of amides is 2. The van der Waals surface area contributed by atoms with Crippen LogP contribution in [0.2, 0.25) is 0 Å². The van der Waals surface area contributed by atoms with Crippen molar-refractivity contribution in [2.75, 3.05) is 25.0 Å². The topological polar surface area (TPSA) is 108 Å². The molecular weight excluding hydrogens is 459 g/mol. The molecule has 4 N–H and O–H groups in total. The Hall–Kier alpha value is -1.91. The summed E-state index contributed by atoms with van der Waals surface area (Å²) >= 11 is 0. The lowest BCUT2D eigenvalue weighted by Gasteiger charge is -2.20. The quantitative estimate of drug-likeness (QED) is 0.265. The van der Waals surface area contributed by atoms with Gasteiger partial charge in [-0.25, -0.2) is 9.98 Å². The van der Waals surface area contributed by atoms with Gasteiger partial charge in [0.25, 0.3) is 0 Å². The Labute approximate surface area is 178 Å². The maximum absolute atomic E-state index is 12.0. The number of aryl methyl sites for hydroxylation is 1. The van der Waals surface area contributed by atoms with E-state index in [2.05, 4.69) is 31.2 Å². The molecule has 0 aliphatic rings. The Morgan fingerprint density at radius 3 is 2.44 bits per heavy atom. The van der Waals surface area contributed by atoms with Crippen molar-refractivity contribution in [3.05, 3.63) is 23.9 Å². The molecule has 0 saturated heterocycles. The third-order valence-electron chi connectivity index (χ3n) is 3.04. The van der Waals surface area contributed by atoms with Gasteiger partial charge < -0.3 is 21.3 Å². The molecular formula is C18H31IN6O2. The van der Waals surface area contributed by atoms with Crippen molar-refractivity contribution < 1.29 is 9.59 Å². The molecule has 0 spiro atoms. The van der Waals surface area contributed by atoms with Gasteiger partial charge in [0, 0.05) is 30.7 Å². The lowest BCUT2D eigenvalue weighted by molar-refractivity contribution is -0.121. The van der Waals surface area contributed by atoms with Crippen LogP contribution >= 0.6 is 24.0 Å². The van der Waals surface area contributed by atoms with Crippen LogP contribution in [-0.4, -0.2) is 47.9 Å². The molecule has 1 rings (SSSR count). The van der Waals surface area contributed by atoms with Crippen LogP contribution in [0.3, 0.4) is 0 Å². The Morgan fingerprint density at radius 1 is 1.15 bits per heavy atom. The number of hydrogen-bond donors (Lipinski definition) is 4. The SMILES string of the molecule is CCNC(=NCC(=O)NC(C)(C)C)NCCC(=O)Nc1cccc(C)n1.I. The van der Waals surface area contributed by atoms with Gasteiger partial charge in [0.05, 0.1) is 0 Å². The summed E-state index contributed by atoms with van der Waals surface area (Å²) < 4.78 is 0. The van der Waals surface area contributed by atoms with E-state index in [0.29, 0.717) is 24.9 Å². The van der Waals surface area contributed by atoms with Crippen LogP contribution in [0.15, 0.2) is 23.2 Å². The summed E-state index contributed by atoms with van der Waals surface area (Å²) in [5.41, 5.74) is 0.552. The van der Waals surface area contributed by atoms with Crippen LogP contribution in [0, 0.1) is 6.92 Å². The molecule has 0 aliphatic carbocycles. The second-order valence-electron chi connectivity index (χ2n) is 6.88. The van der Waals surface area contributed by atoms with E-state index in [-0.39, 0.29) is 54.3 Å². The fraction of sp³-hybridized carbons (Fsp3) is 0.556. The van der Waals surface area contributed by atoms with Gasteiger partial charge in [-0.2, -0.15) is 0 Å². The van der Waals surface area contributed by atoms with Gasteiger partial charge in [0.15, 0.2) is 5.96 Å². The minimum atomic E-state index is -0.291. The fourth-order valence-electron chi connectivity index (χ4n) is 2.06. The number of pyridine rings is 1. The fourth-order valence-corrected chi connectivity index (χ4v) is 2.06. The average Bonchev–Trinajstić information content (AvgIpc) is 2.51. The van der Waals surface area contributed by atoms with E-state index in [9.17, 15) is 9.59 Å². The molecule has 1 aromatic heterocycles. The Bertz CT molecular complexity index is 643. The standard InChI is InChI=1S/C18H30N6O2.HI/c1-6-19-17(21-12-16(26)24-18(3,4)5)20-11-10-15(25)23-14-9-7-8-13(2)22-14;/h7-9H,6,10-12H2,1-5H3,(H,24,26)(H2,19,20,21)(H,22,23,25);1H. The number of nitrogens with one attached hydrogen (secondary N) is 4. The third-order valence-corrected chi connectivity index (χ3v) is 3.04. The highest BCUT2D eigenvalue weighted by Crippen LogP contribution is 2.03. The monoisotopic (exact) mass is 490 g/mol. The van der Waals surface area contributed by atoms with Crippen LogP contribution in [0.1, 0.15) is 39.8 Å². The van der Waals surface area contributed by atoms with Crippen molar-refractivity contribution in [2.24, 2.45) is 4.99 Å². The van der Waals surface area contributed by atoms with E-state index < -0.39 is 0 Å². The largest absolute Gasteiger partial charge is 0.357 e. The van der Waals surface area contributed by atoms with Gasteiger partial charge >= 0.3 is 0 Å². The predicted octanol–water partition coefficient (Wildman–Crippen LogP) is 1.81. The molecule has 8 nitrogen and oxygen atoms in total. The number of aromatic nitrogens is 1. The number of aliphatic imine (C=N–C) groups is 1. The van der Waals surface area contributed by atoms with Gasteiger partial charge in [-0.15, -0.1) is 24.0 Å². The van der Waals surface area contributed by atoms with Crippen LogP contribution < -0.4 is 21.3 Å². The second-order valence-corrected chi connectivity index (χ2v) is 6.88. The normalized spacial score (nSPS) is 11.2. The molecule has 0 aliphatic heterocycles. The maximum Gasteiger partial charge on any atom is 0.242 e. The van der Waals surface area contributed by atoms with Gasteiger partial charge in [-0.05, 0) is 46.8 Å². The highest BCUT2D eigenvalue weighted by atomic mass is 127. The zero-order valence-corrected chi connectivity index (χ0v) is 19.0. The van der Waals surface area contributed by atoms with Crippen molar-refractivity contribution in [3.8, 4) is 0 Å². The molecule has 0 saturated carbocycles. The number of carbonyl (C=O) groups is 2. The number of nitrogens with zero attached hydrogens (tertiary/aromatic N) is 2. The molecule has 1 heterocycles. The van der Waals surface area contributed by atoms with Gasteiger partial charge in [0.2, 0.25) is 11.8 Å². The number of anilines is 1. The smallest absolute Gasteiger partial charge is 0.242 e. The summed E-state index contributed by atoms with van der Waals surface area (Å²) in [5.74, 6) is 0.738. The van der Waals surface area contributed by atoms with Crippen molar-refractivity contribution >= 4 is 47.6 Å². The highest BCUT2D eigenvalue weighted by molar-refractivity contribution is 14.0. The van der Waals surface area contributed by atoms with Gasteiger partial charge in [0.1, 0.15) is 12.4 Å². The van der Waals surface area contributed by atoms with E-state index in [1.807, 2.05) is 46.8 Å². The third kappa shape index (κ3) is 12.2. The average molecular weight is 490 g/mol. The van der Waals surface area contributed by atoms with Crippen molar-refractivity contribution in [1.82, 2.24) is 20.9 Å². The Kier molecular flexibility index (Phi) is 11.6. The summed E-state index contributed by atoms with van der Waals surface area (Å²) in [5, 5.41) is 11.7. The lowest BCUT2D eigenvalue weighted by Crippen LogP contribution is -2.43. The van der Waals surface area contributed by atoms with E-state index in [4.69, 9.17) is 0 Å². The van der Waals surface area contributed by atoms with Crippen molar-refractivity contribution in [2.45, 2.75) is 46.6 Å². The highest BCUT2D eigenvalue weighted by Gasteiger charge is 2.13. The molecule has 0 atom stereocenters. The minimum Gasteiger partial charge on any atom is -0.357 e. The molecule has 0 aromatic carbocycles. The van der Waals surface area contributed by atoms with Crippen LogP contribution in [0.4, 0.5) is 5.82 Å². The van der Waals surface area contributed by atoms with Crippen LogP contribution in [0.5, 0.6) is 0 Å². The number of carbonyl (C=O) groups excluding carboxylic acids is 2. The first-order chi connectivity index (χ1) is 12.2. The van der Waals surface area contributed by atoms with E-state index >= 15 is 0 Å². The second kappa shape index (κ2) is 12.5. The molecule has 27 heavy (non-hydrogen) atoms. The van der Waals surface area contributed by atoms with Crippen LogP contribution in [0.25, 0.3) is 0 Å². The molecule has 0 unspecified atom stereocenters. The number of rotatable bonds is 7. The van der Waals surface area contributed by atoms with E-state index in [0.717, 1.165) is 5.69 Å². The number of halogens is 1. The summed E-state index contributed by atoms with van der Waals surface area (Å²) in [6.45, 7) is 10.6. The zero-order chi connectivity index (χ0) is 19.6. The molecule has 9 heteroatoms. The zero-order valence-electron chi connectivity index (χ0n) is 16.7. The number of guanidine groups is 1. The molecule has 2 amide bonds. The first-order valence-electron chi connectivity index (χ1n) is 8.76. The maximum atomic E-state index is 12.0. The first-order valence-corrected chi connectivity index (χ1v) is 8.76. The molecule has 0 radical (unpaired) electrons. The van der Waals surface area contributed by atoms with Crippen molar-refractivity contribution in [3.63, 3.8) is 0 Å². The molecule has 0 bridgehead atoms. The van der Waals surface area contributed by atoms with Crippen LogP contribution in [-0.2, 0) is 9.59 Å². The summed E-state index contributed by atoms with van der Waals surface area (Å²) in [6.07, 6.45) is 0.258. The Balaban J connectivity index is 0.00000676. The lowest BCUT2D eigenvalue weighted by atomic mass is 10.1. The predicted molar refractivity (Wildman–Crippen MR) is 120 cm³/mol. The van der Waals surface area contributed by atoms with Crippen molar-refractivity contribution in [1.29, 1.82) is 0 Å². The molecule has 0 fully saturated rings. The Morgan fingerprint density at radius 2 is 1.85 bits per heavy atom. The minimum absolute atomic E-state index is 0. The van der Waals surface area contributed by atoms with E-state index in [1.54, 1.807) is 6.07 Å². The summed E-state index contributed by atoms with van der Waals surface area (Å²) in [6, 6.07) is 5.46. The summed E-state index contributed by atoms with van der Waals surface area (Å²) in [7, 11) is 0. The number of hydrogen-bond acceptors (Lipinski definition) is 4. The first kappa shape index (κ1) is 25.1. The summed E-state index contributed by atoms with van der Waals surface area (Å²) in [4.78, 5) is 32.3. The van der Waals surface area contributed by atoms with Gasteiger partial charge in [-0.1, -0.05) is 6.07 Å².